The predicted molar refractivity (Wildman–Crippen MR) is 53.4 cm³/mol. The average molecular weight is 181 g/mol. The molecule has 0 amide bonds. The molecule has 1 saturated heterocycles. The standard InChI is InChI=1S/C11H19NO/c1-11(10-13)6-5-9-12-7-3-2-4-8-12/h1,10-11H,2-9H2/t11-/m0/s1. The largest absolute Gasteiger partial charge is 0.303 e. The summed E-state index contributed by atoms with van der Waals surface area (Å²) in [6, 6.07) is 0. The Labute approximate surface area is 81.3 Å². The summed E-state index contributed by atoms with van der Waals surface area (Å²) < 4.78 is 0. The molecule has 0 aliphatic carbocycles. The summed E-state index contributed by atoms with van der Waals surface area (Å²) in [6.45, 7) is 9.08. The van der Waals surface area contributed by atoms with Crippen LogP contribution >= 0.6 is 0 Å². The van der Waals surface area contributed by atoms with E-state index in [0.29, 0.717) is 0 Å². The average Bonchev–Trinajstić information content (AvgIpc) is 2.19. The van der Waals surface area contributed by atoms with Gasteiger partial charge in [0.1, 0.15) is 6.29 Å². The first-order chi connectivity index (χ1) is 6.33. The second kappa shape index (κ2) is 6.14. The van der Waals surface area contributed by atoms with Gasteiger partial charge < -0.3 is 9.69 Å². The van der Waals surface area contributed by atoms with Gasteiger partial charge in [0.05, 0.1) is 0 Å². The van der Waals surface area contributed by atoms with Crippen LogP contribution in [-0.4, -0.2) is 30.8 Å². The maximum atomic E-state index is 10.2. The molecule has 1 rings (SSSR count). The van der Waals surface area contributed by atoms with E-state index in [-0.39, 0.29) is 5.92 Å². The lowest BCUT2D eigenvalue weighted by Crippen LogP contribution is -2.30. The highest BCUT2D eigenvalue weighted by atomic mass is 16.1. The maximum Gasteiger partial charge on any atom is 0.123 e. The van der Waals surface area contributed by atoms with Crippen molar-refractivity contribution in [2.24, 2.45) is 5.92 Å². The number of carbonyl (C=O) groups excluding carboxylic acids is 1. The first kappa shape index (κ1) is 10.7. The highest BCUT2D eigenvalue weighted by Crippen LogP contribution is 2.10. The van der Waals surface area contributed by atoms with Crippen molar-refractivity contribution in [1.29, 1.82) is 0 Å². The zero-order valence-corrected chi connectivity index (χ0v) is 8.24. The van der Waals surface area contributed by atoms with E-state index in [4.69, 9.17) is 6.92 Å². The van der Waals surface area contributed by atoms with Crippen LogP contribution in [0.4, 0.5) is 0 Å². The minimum atomic E-state index is -0.246. The zero-order valence-electron chi connectivity index (χ0n) is 8.24. The van der Waals surface area contributed by atoms with Crippen molar-refractivity contribution in [3.05, 3.63) is 6.92 Å². The Morgan fingerprint density at radius 3 is 2.62 bits per heavy atom. The number of likely N-dealkylation sites (tertiary alicyclic amines) is 1. The van der Waals surface area contributed by atoms with Crippen LogP contribution in [0.2, 0.25) is 0 Å². The fourth-order valence-corrected chi connectivity index (χ4v) is 1.80. The Morgan fingerprint density at radius 1 is 1.31 bits per heavy atom. The minimum absolute atomic E-state index is 0.246. The molecule has 0 unspecified atom stereocenters. The van der Waals surface area contributed by atoms with Crippen LogP contribution in [0.1, 0.15) is 32.1 Å². The van der Waals surface area contributed by atoms with E-state index in [9.17, 15) is 4.79 Å². The van der Waals surface area contributed by atoms with Crippen LogP contribution in [0, 0.1) is 12.8 Å². The summed E-state index contributed by atoms with van der Waals surface area (Å²) in [4.78, 5) is 12.7. The molecule has 0 aromatic heterocycles. The van der Waals surface area contributed by atoms with Crippen molar-refractivity contribution in [2.75, 3.05) is 19.6 Å². The molecule has 0 aromatic rings. The summed E-state index contributed by atoms with van der Waals surface area (Å²) in [5.74, 6) is -0.246. The number of aldehydes is 1. The van der Waals surface area contributed by atoms with Crippen molar-refractivity contribution >= 4 is 6.29 Å². The smallest absolute Gasteiger partial charge is 0.123 e. The quantitative estimate of drug-likeness (QED) is 0.603. The number of hydrogen-bond acceptors (Lipinski definition) is 2. The molecule has 2 heteroatoms. The molecule has 0 saturated carbocycles. The lowest BCUT2D eigenvalue weighted by molar-refractivity contribution is -0.110. The van der Waals surface area contributed by atoms with E-state index < -0.39 is 0 Å². The highest BCUT2D eigenvalue weighted by molar-refractivity contribution is 5.54. The van der Waals surface area contributed by atoms with Gasteiger partial charge in [-0.25, -0.2) is 0 Å². The second-order valence-corrected chi connectivity index (χ2v) is 3.84. The number of carbonyl (C=O) groups is 1. The molecular formula is C11H19NO. The Hall–Kier alpha value is -0.370. The number of hydrogen-bond donors (Lipinski definition) is 0. The first-order valence-corrected chi connectivity index (χ1v) is 5.26. The summed E-state index contributed by atoms with van der Waals surface area (Å²) in [5, 5.41) is 0. The van der Waals surface area contributed by atoms with Gasteiger partial charge in [-0.2, -0.15) is 0 Å². The Morgan fingerprint density at radius 2 is 2.00 bits per heavy atom. The molecule has 0 N–H and O–H groups in total. The third-order valence-corrected chi connectivity index (χ3v) is 2.64. The topological polar surface area (TPSA) is 20.3 Å². The molecule has 1 aliphatic rings. The SMILES string of the molecule is [CH][C@H](C=O)CCCN1CCCCC1. The number of piperidine rings is 1. The van der Waals surface area contributed by atoms with Crippen molar-refractivity contribution in [3.8, 4) is 0 Å². The third-order valence-electron chi connectivity index (χ3n) is 2.64. The summed E-state index contributed by atoms with van der Waals surface area (Å²) in [7, 11) is 0. The monoisotopic (exact) mass is 181 g/mol. The van der Waals surface area contributed by atoms with Crippen LogP contribution in [0.3, 0.4) is 0 Å². The van der Waals surface area contributed by atoms with Gasteiger partial charge in [0.25, 0.3) is 0 Å². The molecule has 0 aromatic carbocycles. The van der Waals surface area contributed by atoms with Crippen molar-refractivity contribution in [3.63, 3.8) is 0 Å². The van der Waals surface area contributed by atoms with Crippen LogP contribution in [0.25, 0.3) is 0 Å². The predicted octanol–water partition coefficient (Wildman–Crippen LogP) is 1.78. The lowest BCUT2D eigenvalue weighted by Gasteiger charge is -2.26. The highest BCUT2D eigenvalue weighted by Gasteiger charge is 2.09. The molecular weight excluding hydrogens is 162 g/mol. The minimum Gasteiger partial charge on any atom is -0.303 e. The summed E-state index contributed by atoms with van der Waals surface area (Å²) >= 11 is 0. The molecule has 1 atom stereocenters. The van der Waals surface area contributed by atoms with E-state index in [1.807, 2.05) is 0 Å². The van der Waals surface area contributed by atoms with E-state index in [1.54, 1.807) is 0 Å². The number of nitrogens with zero attached hydrogens (tertiary/aromatic N) is 1. The van der Waals surface area contributed by atoms with Crippen molar-refractivity contribution < 1.29 is 4.79 Å². The molecule has 74 valence electrons. The van der Waals surface area contributed by atoms with Gasteiger partial charge in [0, 0.05) is 5.92 Å². The Balaban J connectivity index is 2.01. The fraction of sp³-hybridized carbons (Fsp3) is 0.818. The van der Waals surface area contributed by atoms with E-state index in [0.717, 1.165) is 25.7 Å². The van der Waals surface area contributed by atoms with Crippen molar-refractivity contribution in [2.45, 2.75) is 32.1 Å². The zero-order chi connectivity index (χ0) is 9.52. The molecule has 0 spiro atoms. The van der Waals surface area contributed by atoms with Crippen LogP contribution in [0.15, 0.2) is 0 Å². The van der Waals surface area contributed by atoms with Gasteiger partial charge in [-0.15, -0.1) is 0 Å². The van der Waals surface area contributed by atoms with Gasteiger partial charge in [0.2, 0.25) is 0 Å². The van der Waals surface area contributed by atoms with Crippen LogP contribution in [0.5, 0.6) is 0 Å². The Bertz CT molecular complexity index is 141. The maximum absolute atomic E-state index is 10.2. The van der Waals surface area contributed by atoms with E-state index in [2.05, 4.69) is 4.90 Å². The summed E-state index contributed by atoms with van der Waals surface area (Å²) in [5.41, 5.74) is 0. The molecule has 2 nitrogen and oxygen atoms in total. The molecule has 0 bridgehead atoms. The van der Waals surface area contributed by atoms with Crippen molar-refractivity contribution in [1.82, 2.24) is 4.90 Å². The van der Waals surface area contributed by atoms with Gasteiger partial charge in [-0.05, 0) is 52.2 Å². The van der Waals surface area contributed by atoms with Gasteiger partial charge in [-0.1, -0.05) is 6.42 Å². The van der Waals surface area contributed by atoms with E-state index >= 15 is 0 Å². The van der Waals surface area contributed by atoms with Gasteiger partial charge in [0.15, 0.2) is 0 Å². The fourth-order valence-electron chi connectivity index (χ4n) is 1.80. The second-order valence-electron chi connectivity index (χ2n) is 3.84. The third kappa shape index (κ3) is 4.41. The molecule has 1 fully saturated rings. The van der Waals surface area contributed by atoms with Crippen LogP contribution in [-0.2, 0) is 4.79 Å². The lowest BCUT2D eigenvalue weighted by atomic mass is 10.1. The van der Waals surface area contributed by atoms with Gasteiger partial charge in [-0.3, -0.25) is 0 Å². The van der Waals surface area contributed by atoms with E-state index in [1.165, 1.54) is 32.4 Å². The summed E-state index contributed by atoms with van der Waals surface area (Å²) in [6.07, 6.45) is 6.78. The van der Waals surface area contributed by atoms with Crippen LogP contribution < -0.4 is 0 Å². The molecule has 1 aliphatic heterocycles. The number of rotatable bonds is 5. The Kier molecular flexibility index (Phi) is 5.06. The molecule has 13 heavy (non-hydrogen) atoms. The van der Waals surface area contributed by atoms with Gasteiger partial charge >= 0.3 is 0 Å². The first-order valence-electron chi connectivity index (χ1n) is 5.26. The normalized spacial score (nSPS) is 21.3. The molecule has 2 radical (unpaired) electrons. The molecule has 1 heterocycles.